The number of benzene rings is 2. The van der Waals surface area contributed by atoms with E-state index in [4.69, 9.17) is 4.74 Å². The molecule has 30 heavy (non-hydrogen) atoms. The molecule has 0 saturated heterocycles. The molecule has 2 N–H and O–H groups in total. The predicted octanol–water partition coefficient (Wildman–Crippen LogP) is 3.01. The van der Waals surface area contributed by atoms with Crippen molar-refractivity contribution >= 4 is 11.8 Å². The van der Waals surface area contributed by atoms with Gasteiger partial charge in [0.2, 0.25) is 11.8 Å². The lowest BCUT2D eigenvalue weighted by atomic mass is 10.0. The third-order valence-electron chi connectivity index (χ3n) is 4.45. The molecule has 1 aromatic heterocycles. The number of nitrogens with one attached hydrogen (secondary N) is 2. The third kappa shape index (κ3) is 6.83. The van der Waals surface area contributed by atoms with Crippen molar-refractivity contribution in [2.75, 3.05) is 13.2 Å². The summed E-state index contributed by atoms with van der Waals surface area (Å²) in [6, 6.07) is 25.1. The molecule has 0 saturated carbocycles. The summed E-state index contributed by atoms with van der Waals surface area (Å²) in [5.74, 6) is -0.405. The Morgan fingerprint density at radius 3 is 2.03 bits per heavy atom. The summed E-state index contributed by atoms with van der Waals surface area (Å²) >= 11 is 0. The van der Waals surface area contributed by atoms with Gasteiger partial charge in [-0.25, -0.2) is 0 Å². The van der Waals surface area contributed by atoms with Crippen LogP contribution < -0.4 is 10.6 Å². The van der Waals surface area contributed by atoms with Gasteiger partial charge in [0.15, 0.2) is 0 Å². The van der Waals surface area contributed by atoms with Crippen molar-refractivity contribution in [3.05, 3.63) is 102 Å². The van der Waals surface area contributed by atoms with Crippen molar-refractivity contribution in [3.8, 4) is 0 Å². The molecule has 0 aliphatic carbocycles. The Morgan fingerprint density at radius 2 is 1.43 bits per heavy atom. The van der Waals surface area contributed by atoms with Crippen LogP contribution in [0.25, 0.3) is 0 Å². The smallest absolute Gasteiger partial charge is 0.246 e. The van der Waals surface area contributed by atoms with Gasteiger partial charge in [0.25, 0.3) is 0 Å². The molecule has 3 rings (SSSR count). The monoisotopic (exact) mass is 403 g/mol. The fourth-order valence-corrected chi connectivity index (χ4v) is 2.95. The summed E-state index contributed by atoms with van der Waals surface area (Å²) in [7, 11) is 0. The standard InChI is InChI=1S/C24H25N3O3/c28-22(27-17-21-13-7-8-15-25-21)14-16-26-23(29)18-30-24(19-9-3-1-4-10-19)20-11-5-2-6-12-20/h1-13,15,24H,14,16-18H2,(H,26,29)(H,27,28). The van der Waals surface area contributed by atoms with E-state index in [0.717, 1.165) is 16.8 Å². The number of rotatable bonds is 10. The van der Waals surface area contributed by atoms with Crippen LogP contribution in [0.15, 0.2) is 85.1 Å². The Balaban J connectivity index is 1.43. The number of pyridine rings is 1. The molecule has 0 unspecified atom stereocenters. The fraction of sp³-hybridized carbons (Fsp3) is 0.208. The second-order valence-corrected chi connectivity index (χ2v) is 6.71. The van der Waals surface area contributed by atoms with Crippen molar-refractivity contribution in [2.24, 2.45) is 0 Å². The number of hydrogen-bond acceptors (Lipinski definition) is 4. The highest BCUT2D eigenvalue weighted by Gasteiger charge is 2.16. The van der Waals surface area contributed by atoms with E-state index < -0.39 is 0 Å². The van der Waals surface area contributed by atoms with Gasteiger partial charge >= 0.3 is 0 Å². The number of amides is 2. The van der Waals surface area contributed by atoms with E-state index in [1.165, 1.54) is 0 Å². The molecular weight excluding hydrogens is 378 g/mol. The highest BCUT2D eigenvalue weighted by molar-refractivity contribution is 5.79. The van der Waals surface area contributed by atoms with E-state index in [2.05, 4.69) is 15.6 Å². The minimum atomic E-state index is -0.333. The Kier molecular flexibility index (Phi) is 8.12. The molecule has 6 nitrogen and oxygen atoms in total. The number of hydrogen-bond donors (Lipinski definition) is 2. The fourth-order valence-electron chi connectivity index (χ4n) is 2.95. The van der Waals surface area contributed by atoms with E-state index in [9.17, 15) is 9.59 Å². The van der Waals surface area contributed by atoms with Gasteiger partial charge in [0, 0.05) is 19.2 Å². The first-order valence-corrected chi connectivity index (χ1v) is 9.87. The number of carbonyl (C=O) groups excluding carboxylic acids is 2. The van der Waals surface area contributed by atoms with E-state index in [1.807, 2.05) is 78.9 Å². The lowest BCUT2D eigenvalue weighted by molar-refractivity contribution is -0.127. The summed E-state index contributed by atoms with van der Waals surface area (Å²) in [4.78, 5) is 28.3. The van der Waals surface area contributed by atoms with Crippen LogP contribution >= 0.6 is 0 Å². The first-order valence-electron chi connectivity index (χ1n) is 9.87. The summed E-state index contributed by atoms with van der Waals surface area (Å²) in [5, 5.41) is 5.51. The van der Waals surface area contributed by atoms with Gasteiger partial charge in [-0.1, -0.05) is 66.7 Å². The van der Waals surface area contributed by atoms with Crippen LogP contribution in [0.2, 0.25) is 0 Å². The molecule has 6 heteroatoms. The minimum absolute atomic E-state index is 0.0932. The van der Waals surface area contributed by atoms with Gasteiger partial charge < -0.3 is 15.4 Å². The van der Waals surface area contributed by atoms with Crippen LogP contribution in [-0.2, 0) is 20.9 Å². The molecule has 154 valence electrons. The molecule has 0 radical (unpaired) electrons. The maximum atomic E-state index is 12.2. The van der Waals surface area contributed by atoms with Crippen LogP contribution in [-0.4, -0.2) is 29.9 Å². The first-order chi connectivity index (χ1) is 14.7. The Hall–Kier alpha value is -3.51. The lowest BCUT2D eigenvalue weighted by Gasteiger charge is -2.18. The predicted molar refractivity (Wildman–Crippen MR) is 114 cm³/mol. The topological polar surface area (TPSA) is 80.3 Å². The van der Waals surface area contributed by atoms with E-state index >= 15 is 0 Å². The molecule has 0 aliphatic heterocycles. The summed E-state index contributed by atoms with van der Waals surface area (Å²) in [6.45, 7) is 0.522. The average Bonchev–Trinajstić information content (AvgIpc) is 2.80. The number of carbonyl (C=O) groups is 2. The maximum Gasteiger partial charge on any atom is 0.246 e. The second kappa shape index (κ2) is 11.5. The van der Waals surface area contributed by atoms with Crippen molar-refractivity contribution in [3.63, 3.8) is 0 Å². The summed E-state index contributed by atoms with van der Waals surface area (Å²) < 4.78 is 5.92. The van der Waals surface area contributed by atoms with Crippen LogP contribution in [0.5, 0.6) is 0 Å². The molecule has 0 atom stereocenters. The Bertz CT molecular complexity index is 879. The SMILES string of the molecule is O=C(CCNC(=O)COC(c1ccccc1)c1ccccc1)NCc1ccccn1. The number of ether oxygens (including phenoxy) is 1. The molecule has 1 heterocycles. The summed E-state index contributed by atoms with van der Waals surface area (Å²) in [6.07, 6.45) is 1.54. The molecule has 0 bridgehead atoms. The Morgan fingerprint density at radius 1 is 0.800 bits per heavy atom. The lowest BCUT2D eigenvalue weighted by Crippen LogP contribution is -2.33. The average molecular weight is 403 g/mol. The van der Waals surface area contributed by atoms with Crippen molar-refractivity contribution < 1.29 is 14.3 Å². The molecular formula is C24H25N3O3. The van der Waals surface area contributed by atoms with E-state index in [-0.39, 0.29) is 37.5 Å². The third-order valence-corrected chi connectivity index (χ3v) is 4.45. The zero-order chi connectivity index (χ0) is 21.0. The highest BCUT2D eigenvalue weighted by atomic mass is 16.5. The van der Waals surface area contributed by atoms with Crippen LogP contribution in [0.1, 0.15) is 29.3 Å². The van der Waals surface area contributed by atoms with Crippen molar-refractivity contribution in [2.45, 2.75) is 19.1 Å². The van der Waals surface area contributed by atoms with Crippen LogP contribution in [0, 0.1) is 0 Å². The number of nitrogens with zero attached hydrogens (tertiary/aromatic N) is 1. The van der Waals surface area contributed by atoms with Gasteiger partial charge in [0.1, 0.15) is 12.7 Å². The zero-order valence-electron chi connectivity index (χ0n) is 16.7. The molecule has 2 amide bonds. The van der Waals surface area contributed by atoms with Crippen molar-refractivity contribution in [1.82, 2.24) is 15.6 Å². The van der Waals surface area contributed by atoms with Gasteiger partial charge in [-0.2, -0.15) is 0 Å². The van der Waals surface area contributed by atoms with Crippen LogP contribution in [0.3, 0.4) is 0 Å². The normalized spacial score (nSPS) is 10.6. The van der Waals surface area contributed by atoms with Gasteiger partial charge in [-0.05, 0) is 23.3 Å². The largest absolute Gasteiger partial charge is 0.359 e. The quantitative estimate of drug-likeness (QED) is 0.545. The van der Waals surface area contributed by atoms with E-state index in [0.29, 0.717) is 6.54 Å². The summed E-state index contributed by atoms with van der Waals surface area (Å²) in [5.41, 5.74) is 2.74. The molecule has 3 aromatic rings. The molecule has 0 aliphatic rings. The van der Waals surface area contributed by atoms with E-state index in [1.54, 1.807) is 6.20 Å². The van der Waals surface area contributed by atoms with Crippen molar-refractivity contribution in [1.29, 1.82) is 0 Å². The molecule has 2 aromatic carbocycles. The maximum absolute atomic E-state index is 12.2. The minimum Gasteiger partial charge on any atom is -0.359 e. The zero-order valence-corrected chi connectivity index (χ0v) is 16.7. The first kappa shape index (κ1) is 21.2. The second-order valence-electron chi connectivity index (χ2n) is 6.71. The highest BCUT2D eigenvalue weighted by Crippen LogP contribution is 2.25. The molecule has 0 fully saturated rings. The number of aromatic nitrogens is 1. The Labute approximate surface area is 176 Å². The van der Waals surface area contributed by atoms with Gasteiger partial charge in [-0.15, -0.1) is 0 Å². The van der Waals surface area contributed by atoms with Gasteiger partial charge in [-0.3, -0.25) is 14.6 Å². The van der Waals surface area contributed by atoms with Gasteiger partial charge in [0.05, 0.1) is 12.2 Å². The van der Waals surface area contributed by atoms with Crippen LogP contribution in [0.4, 0.5) is 0 Å². The molecule has 0 spiro atoms.